The maximum atomic E-state index is 10.9. The van der Waals surface area contributed by atoms with Crippen LogP contribution in [0.25, 0.3) is 0 Å². The van der Waals surface area contributed by atoms with E-state index in [2.05, 4.69) is 0 Å². The van der Waals surface area contributed by atoms with Gasteiger partial charge >= 0.3 is 5.69 Å². The topological polar surface area (TPSA) is 103 Å². The molecule has 1 rings (SSSR count). The van der Waals surface area contributed by atoms with Crippen LogP contribution in [0.2, 0.25) is 5.02 Å². The first-order valence-electron chi connectivity index (χ1n) is 3.29. The lowest BCUT2D eigenvalue weighted by atomic mass is 10.3. The number of nitro groups is 1. The Morgan fingerprint density at radius 3 is 2.36 bits per heavy atom. The van der Waals surface area contributed by atoms with Crippen LogP contribution in [0.5, 0.6) is 0 Å². The number of sulfonamides is 1. The van der Waals surface area contributed by atoms with Crippen LogP contribution in [-0.2, 0) is 10.0 Å². The fraction of sp³-hybridized carbons (Fsp3) is 0. The Labute approximate surface area is 84.5 Å². The van der Waals surface area contributed by atoms with Crippen molar-refractivity contribution < 1.29 is 13.3 Å². The number of hydrogen-bond donors (Lipinski definition) is 1. The van der Waals surface area contributed by atoms with E-state index < -0.39 is 25.5 Å². The van der Waals surface area contributed by atoms with Crippen molar-refractivity contribution >= 4 is 27.3 Å². The van der Waals surface area contributed by atoms with Crippen LogP contribution in [0.15, 0.2) is 23.1 Å². The Morgan fingerprint density at radius 2 is 2.00 bits per heavy atom. The minimum Gasteiger partial charge on any atom is -0.258 e. The molecule has 14 heavy (non-hydrogen) atoms. The molecule has 0 atom stereocenters. The molecule has 0 saturated heterocycles. The van der Waals surface area contributed by atoms with Crippen LogP contribution < -0.4 is 5.14 Å². The van der Waals surface area contributed by atoms with E-state index in [9.17, 15) is 18.5 Å². The van der Waals surface area contributed by atoms with E-state index in [-0.39, 0.29) is 5.02 Å². The van der Waals surface area contributed by atoms with Gasteiger partial charge in [-0.3, -0.25) is 10.1 Å². The Hall–Kier alpha value is -1.18. The van der Waals surface area contributed by atoms with Gasteiger partial charge in [0, 0.05) is 0 Å². The summed E-state index contributed by atoms with van der Waals surface area (Å²) in [6, 6.07) is 3.52. The zero-order chi connectivity index (χ0) is 10.9. The van der Waals surface area contributed by atoms with Crippen molar-refractivity contribution in [2.24, 2.45) is 5.14 Å². The molecule has 0 radical (unpaired) electrons. The SMILES string of the molecule is NS(=O)(=O)c1cccc(Cl)c1[N+](=O)[O-]. The molecular formula is C6H5ClN2O4S. The fourth-order valence-electron chi connectivity index (χ4n) is 0.902. The summed E-state index contributed by atoms with van der Waals surface area (Å²) in [5.74, 6) is 0. The maximum Gasteiger partial charge on any atom is 0.307 e. The summed E-state index contributed by atoms with van der Waals surface area (Å²) in [6.45, 7) is 0. The van der Waals surface area contributed by atoms with E-state index in [4.69, 9.17) is 16.7 Å². The van der Waals surface area contributed by atoms with Gasteiger partial charge in [-0.2, -0.15) is 0 Å². The van der Waals surface area contributed by atoms with E-state index in [1.165, 1.54) is 12.1 Å². The van der Waals surface area contributed by atoms with Crippen molar-refractivity contribution in [2.75, 3.05) is 0 Å². The summed E-state index contributed by atoms with van der Waals surface area (Å²) < 4.78 is 21.9. The van der Waals surface area contributed by atoms with Gasteiger partial charge in [0.2, 0.25) is 10.0 Å². The van der Waals surface area contributed by atoms with Gasteiger partial charge in [0.05, 0.1) is 4.92 Å². The van der Waals surface area contributed by atoms with Gasteiger partial charge in [-0.15, -0.1) is 0 Å². The zero-order valence-electron chi connectivity index (χ0n) is 6.68. The molecule has 0 saturated carbocycles. The molecule has 0 aliphatic rings. The predicted molar refractivity (Wildman–Crippen MR) is 49.5 cm³/mol. The molecule has 1 aromatic carbocycles. The lowest BCUT2D eigenvalue weighted by Crippen LogP contribution is -2.14. The van der Waals surface area contributed by atoms with Crippen LogP contribution >= 0.6 is 11.6 Å². The highest BCUT2D eigenvalue weighted by molar-refractivity contribution is 7.89. The average Bonchev–Trinajstić information content (AvgIpc) is 2.01. The molecular weight excluding hydrogens is 232 g/mol. The van der Waals surface area contributed by atoms with E-state index in [0.29, 0.717) is 0 Å². The highest BCUT2D eigenvalue weighted by Crippen LogP contribution is 2.30. The summed E-state index contributed by atoms with van der Waals surface area (Å²) in [6.07, 6.45) is 0. The van der Waals surface area contributed by atoms with Crippen LogP contribution in [0.1, 0.15) is 0 Å². The van der Waals surface area contributed by atoms with Crippen LogP contribution in [0, 0.1) is 10.1 Å². The zero-order valence-corrected chi connectivity index (χ0v) is 8.25. The first kappa shape index (κ1) is 10.9. The van der Waals surface area contributed by atoms with Crippen molar-refractivity contribution in [3.8, 4) is 0 Å². The van der Waals surface area contributed by atoms with E-state index in [1.807, 2.05) is 0 Å². The summed E-state index contributed by atoms with van der Waals surface area (Å²) in [4.78, 5) is 9.02. The Bertz CT molecular complexity index is 485. The number of nitrogens with two attached hydrogens (primary N) is 1. The van der Waals surface area contributed by atoms with Gasteiger partial charge in [-0.25, -0.2) is 13.6 Å². The van der Waals surface area contributed by atoms with Gasteiger partial charge in [0.1, 0.15) is 5.02 Å². The van der Waals surface area contributed by atoms with Crippen molar-refractivity contribution in [1.29, 1.82) is 0 Å². The largest absolute Gasteiger partial charge is 0.307 e. The summed E-state index contributed by atoms with van der Waals surface area (Å²) in [5.41, 5.74) is -0.698. The fourth-order valence-corrected chi connectivity index (χ4v) is 1.92. The normalized spacial score (nSPS) is 11.3. The van der Waals surface area contributed by atoms with Crippen molar-refractivity contribution in [1.82, 2.24) is 0 Å². The van der Waals surface area contributed by atoms with E-state index >= 15 is 0 Å². The number of hydrogen-bond acceptors (Lipinski definition) is 4. The highest BCUT2D eigenvalue weighted by atomic mass is 35.5. The van der Waals surface area contributed by atoms with Gasteiger partial charge in [0.25, 0.3) is 0 Å². The molecule has 0 spiro atoms. The number of para-hydroxylation sites is 1. The third-order valence-corrected chi connectivity index (χ3v) is 2.69. The van der Waals surface area contributed by atoms with Crippen molar-refractivity contribution in [3.05, 3.63) is 33.3 Å². The standard InChI is InChI=1S/C6H5ClN2O4S/c7-4-2-1-3-5(14(8,12)13)6(4)9(10)11/h1-3H,(H2,8,12,13). The van der Waals surface area contributed by atoms with E-state index in [0.717, 1.165) is 6.07 Å². The van der Waals surface area contributed by atoms with Crippen molar-refractivity contribution in [2.45, 2.75) is 4.90 Å². The third-order valence-electron chi connectivity index (χ3n) is 1.44. The lowest BCUT2D eigenvalue weighted by molar-refractivity contribution is -0.387. The summed E-state index contributed by atoms with van der Waals surface area (Å²) in [5, 5.41) is 15.0. The number of benzene rings is 1. The van der Waals surface area contributed by atoms with Crippen LogP contribution in [-0.4, -0.2) is 13.3 Å². The molecule has 2 N–H and O–H groups in total. The molecule has 0 amide bonds. The lowest BCUT2D eigenvalue weighted by Gasteiger charge is -2.00. The molecule has 0 fully saturated rings. The number of nitrogens with zero attached hydrogens (tertiary/aromatic N) is 1. The van der Waals surface area contributed by atoms with Gasteiger partial charge in [-0.1, -0.05) is 17.7 Å². The monoisotopic (exact) mass is 236 g/mol. The van der Waals surface area contributed by atoms with E-state index in [1.54, 1.807) is 0 Å². The second kappa shape index (κ2) is 3.52. The number of halogens is 1. The van der Waals surface area contributed by atoms with Gasteiger partial charge in [-0.05, 0) is 12.1 Å². The van der Waals surface area contributed by atoms with Gasteiger partial charge in [0.15, 0.2) is 4.90 Å². The molecule has 0 aliphatic heterocycles. The third kappa shape index (κ3) is 2.00. The highest BCUT2D eigenvalue weighted by Gasteiger charge is 2.25. The Balaban J connectivity index is 3.61. The smallest absolute Gasteiger partial charge is 0.258 e. The average molecular weight is 237 g/mol. The van der Waals surface area contributed by atoms with Crippen LogP contribution in [0.3, 0.4) is 0 Å². The molecule has 0 aromatic heterocycles. The Kier molecular flexibility index (Phi) is 2.74. The summed E-state index contributed by atoms with van der Waals surface area (Å²) in [7, 11) is -4.13. The second-order valence-electron chi connectivity index (χ2n) is 2.39. The maximum absolute atomic E-state index is 10.9. The minimum absolute atomic E-state index is 0.262. The summed E-state index contributed by atoms with van der Waals surface area (Å²) >= 11 is 5.47. The number of primary sulfonamides is 1. The Morgan fingerprint density at radius 1 is 1.43 bits per heavy atom. The number of rotatable bonds is 2. The molecule has 0 aliphatic carbocycles. The molecule has 76 valence electrons. The molecule has 1 aromatic rings. The second-order valence-corrected chi connectivity index (χ2v) is 4.33. The molecule has 0 heterocycles. The molecule has 8 heteroatoms. The quantitative estimate of drug-likeness (QED) is 0.608. The van der Waals surface area contributed by atoms with Crippen LogP contribution in [0.4, 0.5) is 5.69 Å². The van der Waals surface area contributed by atoms with Crippen molar-refractivity contribution in [3.63, 3.8) is 0 Å². The van der Waals surface area contributed by atoms with Gasteiger partial charge < -0.3 is 0 Å². The minimum atomic E-state index is -4.13. The number of nitro benzene ring substituents is 1. The molecule has 6 nitrogen and oxygen atoms in total. The molecule has 0 bridgehead atoms. The molecule has 0 unspecified atom stereocenters. The predicted octanol–water partition coefficient (Wildman–Crippen LogP) is 0.896. The first-order chi connectivity index (χ1) is 6.34. The first-order valence-corrected chi connectivity index (χ1v) is 5.22.